The Morgan fingerprint density at radius 2 is 1.75 bits per heavy atom. The van der Waals surface area contributed by atoms with E-state index >= 15 is 0 Å². The highest BCUT2D eigenvalue weighted by Gasteiger charge is 2.11. The molecule has 0 saturated carbocycles. The number of hydrogen-bond donors (Lipinski definition) is 1. The minimum absolute atomic E-state index is 0.360. The molecule has 0 fully saturated rings. The van der Waals surface area contributed by atoms with Crippen LogP contribution in [-0.2, 0) is 12.8 Å². The van der Waals surface area contributed by atoms with Crippen LogP contribution in [0.5, 0.6) is 11.5 Å². The normalized spacial score (nSPS) is 13.6. The third kappa shape index (κ3) is 2.68. The van der Waals surface area contributed by atoms with Crippen molar-refractivity contribution < 1.29 is 4.74 Å². The zero-order chi connectivity index (χ0) is 13.9. The Kier molecular flexibility index (Phi) is 3.70. The molecule has 2 nitrogen and oxygen atoms in total. The number of aryl methyl sites for hydroxylation is 2. The molecule has 2 aromatic carbocycles. The second kappa shape index (κ2) is 5.63. The summed E-state index contributed by atoms with van der Waals surface area (Å²) < 4.78 is 5.97. The Morgan fingerprint density at radius 1 is 1.00 bits per heavy atom. The molecule has 2 N–H and O–H groups in total. The van der Waals surface area contributed by atoms with E-state index in [9.17, 15) is 0 Å². The lowest BCUT2D eigenvalue weighted by Gasteiger charge is -2.17. The molecule has 0 radical (unpaired) electrons. The largest absolute Gasteiger partial charge is 0.457 e. The molecule has 0 bridgehead atoms. The van der Waals surface area contributed by atoms with Crippen molar-refractivity contribution in [1.82, 2.24) is 0 Å². The first kappa shape index (κ1) is 13.1. The van der Waals surface area contributed by atoms with Crippen LogP contribution in [0.15, 0.2) is 42.5 Å². The van der Waals surface area contributed by atoms with Crippen LogP contribution in [0.3, 0.4) is 0 Å². The monoisotopic (exact) mass is 283 g/mol. The summed E-state index contributed by atoms with van der Waals surface area (Å²) in [5.41, 5.74) is 9.36. The molecule has 3 heteroatoms. The van der Waals surface area contributed by atoms with Gasteiger partial charge in [-0.25, -0.2) is 0 Å². The van der Waals surface area contributed by atoms with Gasteiger partial charge in [0.2, 0.25) is 0 Å². The summed E-state index contributed by atoms with van der Waals surface area (Å²) >= 11 is 5.06. The van der Waals surface area contributed by atoms with Crippen molar-refractivity contribution >= 4 is 17.2 Å². The van der Waals surface area contributed by atoms with Crippen molar-refractivity contribution in [2.45, 2.75) is 25.7 Å². The van der Waals surface area contributed by atoms with Crippen LogP contribution in [-0.4, -0.2) is 4.99 Å². The third-order valence-corrected chi connectivity index (χ3v) is 3.92. The van der Waals surface area contributed by atoms with E-state index in [0.29, 0.717) is 4.99 Å². The van der Waals surface area contributed by atoms with Gasteiger partial charge in [-0.1, -0.05) is 30.4 Å². The summed E-state index contributed by atoms with van der Waals surface area (Å²) in [7, 11) is 0. The Labute approximate surface area is 124 Å². The van der Waals surface area contributed by atoms with Crippen molar-refractivity contribution in [2.24, 2.45) is 5.73 Å². The fraction of sp³-hybridized carbons (Fsp3) is 0.235. The van der Waals surface area contributed by atoms with E-state index in [0.717, 1.165) is 23.5 Å². The maximum Gasteiger partial charge on any atom is 0.137 e. The minimum atomic E-state index is 0.360. The summed E-state index contributed by atoms with van der Waals surface area (Å²) in [6, 6.07) is 14.0. The standard InChI is InChI=1S/C17H17NOS/c18-17(20)15-7-3-4-8-16(15)19-14-10-9-12-5-1-2-6-13(12)11-14/h3-4,7-11H,1-2,5-6H2,(H2,18,20). The van der Waals surface area contributed by atoms with Gasteiger partial charge in [0.1, 0.15) is 16.5 Å². The first-order valence-corrected chi connectivity index (χ1v) is 7.33. The van der Waals surface area contributed by atoms with E-state index in [4.69, 9.17) is 22.7 Å². The number of benzene rings is 2. The van der Waals surface area contributed by atoms with Crippen LogP contribution in [0.1, 0.15) is 29.5 Å². The van der Waals surface area contributed by atoms with Gasteiger partial charge in [-0.05, 0) is 61.1 Å². The highest BCUT2D eigenvalue weighted by atomic mass is 32.1. The van der Waals surface area contributed by atoms with Crippen LogP contribution in [0.2, 0.25) is 0 Å². The van der Waals surface area contributed by atoms with Crippen LogP contribution in [0.4, 0.5) is 0 Å². The highest BCUT2D eigenvalue weighted by molar-refractivity contribution is 7.80. The van der Waals surface area contributed by atoms with Gasteiger partial charge in [-0.15, -0.1) is 0 Å². The summed E-state index contributed by atoms with van der Waals surface area (Å²) in [5, 5.41) is 0. The van der Waals surface area contributed by atoms with E-state index in [2.05, 4.69) is 12.1 Å². The van der Waals surface area contributed by atoms with E-state index < -0.39 is 0 Å². The number of nitrogens with two attached hydrogens (primary N) is 1. The van der Waals surface area contributed by atoms with Gasteiger partial charge in [0.05, 0.1) is 5.56 Å². The minimum Gasteiger partial charge on any atom is -0.457 e. The van der Waals surface area contributed by atoms with Gasteiger partial charge in [-0.2, -0.15) is 0 Å². The molecule has 0 aliphatic heterocycles. The van der Waals surface area contributed by atoms with Gasteiger partial charge in [-0.3, -0.25) is 0 Å². The van der Waals surface area contributed by atoms with E-state index in [1.807, 2.05) is 30.3 Å². The van der Waals surface area contributed by atoms with Crippen molar-refractivity contribution in [3.8, 4) is 11.5 Å². The second-order valence-electron chi connectivity index (χ2n) is 5.10. The quantitative estimate of drug-likeness (QED) is 0.865. The first-order valence-electron chi connectivity index (χ1n) is 6.92. The summed E-state index contributed by atoms with van der Waals surface area (Å²) in [4.78, 5) is 0.360. The van der Waals surface area contributed by atoms with Gasteiger partial charge in [0.25, 0.3) is 0 Å². The predicted molar refractivity (Wildman–Crippen MR) is 85.5 cm³/mol. The molecular weight excluding hydrogens is 266 g/mol. The first-order chi connectivity index (χ1) is 9.74. The molecule has 3 rings (SSSR count). The molecular formula is C17H17NOS. The smallest absolute Gasteiger partial charge is 0.137 e. The van der Waals surface area contributed by atoms with Crippen LogP contribution >= 0.6 is 12.2 Å². The number of fused-ring (bicyclic) bond motifs is 1. The summed E-state index contributed by atoms with van der Waals surface area (Å²) in [6.45, 7) is 0. The number of rotatable bonds is 3. The number of para-hydroxylation sites is 1. The van der Waals surface area contributed by atoms with E-state index in [1.54, 1.807) is 0 Å². The fourth-order valence-electron chi connectivity index (χ4n) is 2.66. The highest BCUT2D eigenvalue weighted by Crippen LogP contribution is 2.29. The van der Waals surface area contributed by atoms with Crippen LogP contribution in [0, 0.1) is 0 Å². The zero-order valence-electron chi connectivity index (χ0n) is 11.3. The Hall–Kier alpha value is -1.87. The second-order valence-corrected chi connectivity index (χ2v) is 5.54. The van der Waals surface area contributed by atoms with Crippen molar-refractivity contribution in [2.75, 3.05) is 0 Å². The Balaban J connectivity index is 1.90. The van der Waals surface area contributed by atoms with Crippen LogP contribution < -0.4 is 10.5 Å². The van der Waals surface area contributed by atoms with Gasteiger partial charge in [0.15, 0.2) is 0 Å². The molecule has 0 aromatic heterocycles. The van der Waals surface area contributed by atoms with Gasteiger partial charge in [0, 0.05) is 0 Å². The number of ether oxygens (including phenoxy) is 1. The zero-order valence-corrected chi connectivity index (χ0v) is 12.1. The maximum absolute atomic E-state index is 5.97. The molecule has 102 valence electrons. The number of thiocarbonyl (C=S) groups is 1. The molecule has 0 spiro atoms. The molecule has 0 atom stereocenters. The SMILES string of the molecule is NC(=S)c1ccccc1Oc1ccc2c(c1)CCCC2. The van der Waals surface area contributed by atoms with Gasteiger partial charge >= 0.3 is 0 Å². The molecule has 0 heterocycles. The van der Waals surface area contributed by atoms with E-state index in [1.165, 1.54) is 30.4 Å². The molecule has 2 aromatic rings. The summed E-state index contributed by atoms with van der Waals surface area (Å²) in [5.74, 6) is 1.57. The predicted octanol–water partition coefficient (Wildman–Crippen LogP) is 3.99. The topological polar surface area (TPSA) is 35.2 Å². The molecule has 1 aliphatic carbocycles. The molecule has 20 heavy (non-hydrogen) atoms. The molecule has 0 amide bonds. The van der Waals surface area contributed by atoms with Crippen molar-refractivity contribution in [1.29, 1.82) is 0 Å². The molecule has 0 saturated heterocycles. The third-order valence-electron chi connectivity index (χ3n) is 3.70. The number of hydrogen-bond acceptors (Lipinski definition) is 2. The lowest BCUT2D eigenvalue weighted by molar-refractivity contribution is 0.480. The summed E-state index contributed by atoms with van der Waals surface area (Å²) in [6.07, 6.45) is 4.87. The average molecular weight is 283 g/mol. The van der Waals surface area contributed by atoms with Crippen molar-refractivity contribution in [3.63, 3.8) is 0 Å². The van der Waals surface area contributed by atoms with Crippen LogP contribution in [0.25, 0.3) is 0 Å². The average Bonchev–Trinajstić information content (AvgIpc) is 2.47. The Bertz CT molecular complexity index is 651. The van der Waals surface area contributed by atoms with Crippen molar-refractivity contribution in [3.05, 3.63) is 59.2 Å². The van der Waals surface area contributed by atoms with E-state index in [-0.39, 0.29) is 0 Å². The Morgan fingerprint density at radius 3 is 2.55 bits per heavy atom. The molecule has 0 unspecified atom stereocenters. The maximum atomic E-state index is 5.97. The lowest BCUT2D eigenvalue weighted by atomic mass is 9.92. The fourth-order valence-corrected chi connectivity index (χ4v) is 2.83. The van der Waals surface area contributed by atoms with Gasteiger partial charge < -0.3 is 10.5 Å². The molecule has 1 aliphatic rings. The lowest BCUT2D eigenvalue weighted by Crippen LogP contribution is -2.10.